The van der Waals surface area contributed by atoms with Gasteiger partial charge >= 0.3 is 5.97 Å². The molecule has 5 nitrogen and oxygen atoms in total. The van der Waals surface area contributed by atoms with E-state index in [0.717, 1.165) is 24.1 Å². The van der Waals surface area contributed by atoms with Crippen LogP contribution in [-0.2, 0) is 16.0 Å². The Kier molecular flexibility index (Phi) is 6.82. The van der Waals surface area contributed by atoms with Crippen molar-refractivity contribution in [2.45, 2.75) is 19.8 Å². The summed E-state index contributed by atoms with van der Waals surface area (Å²) in [7, 11) is 0. The Hall–Kier alpha value is -2.66. The predicted octanol–water partition coefficient (Wildman–Crippen LogP) is 3.15. The van der Waals surface area contributed by atoms with Gasteiger partial charge in [-0.1, -0.05) is 61.5 Å². The second-order valence-electron chi connectivity index (χ2n) is 7.42. The maximum atomic E-state index is 13.0. The Balaban J connectivity index is 1.75. The van der Waals surface area contributed by atoms with Gasteiger partial charge in [-0.15, -0.1) is 0 Å². The molecule has 0 bridgehead atoms. The Morgan fingerprint density at radius 3 is 2.36 bits per heavy atom. The highest BCUT2D eigenvalue weighted by Gasteiger charge is 2.30. The summed E-state index contributed by atoms with van der Waals surface area (Å²) in [5.41, 5.74) is 3.42. The summed E-state index contributed by atoms with van der Waals surface area (Å²) < 4.78 is 0. The molecule has 148 valence electrons. The molecule has 1 aliphatic rings. The maximum absolute atomic E-state index is 13.0. The molecule has 1 aliphatic heterocycles. The number of nitrogens with zero attached hydrogens (tertiary/aromatic N) is 2. The molecule has 0 radical (unpaired) electrons. The van der Waals surface area contributed by atoms with Crippen molar-refractivity contribution in [2.75, 3.05) is 32.7 Å². The van der Waals surface area contributed by atoms with Crippen LogP contribution in [0.5, 0.6) is 0 Å². The van der Waals surface area contributed by atoms with Crippen LogP contribution >= 0.6 is 0 Å². The van der Waals surface area contributed by atoms with E-state index in [-0.39, 0.29) is 18.4 Å². The molecule has 1 atom stereocenters. The number of amides is 1. The van der Waals surface area contributed by atoms with Crippen molar-refractivity contribution in [3.05, 3.63) is 60.2 Å². The zero-order valence-electron chi connectivity index (χ0n) is 16.4. The summed E-state index contributed by atoms with van der Waals surface area (Å²) in [4.78, 5) is 28.0. The lowest BCUT2D eigenvalue weighted by molar-refractivity contribution is -0.139. The van der Waals surface area contributed by atoms with Crippen LogP contribution in [0.15, 0.2) is 54.6 Å². The smallest absolute Gasteiger partial charge is 0.317 e. The predicted molar refractivity (Wildman–Crippen MR) is 110 cm³/mol. The fraction of sp³-hybridized carbons (Fsp3) is 0.391. The van der Waals surface area contributed by atoms with Crippen LogP contribution in [0, 0.1) is 5.92 Å². The molecule has 2 aromatic carbocycles. The molecule has 0 saturated carbocycles. The molecule has 2 aromatic rings. The molecule has 1 fully saturated rings. The fourth-order valence-corrected chi connectivity index (χ4v) is 3.84. The number of carbonyl (C=O) groups excluding carboxylic acids is 1. The third kappa shape index (κ3) is 5.20. The normalized spacial score (nSPS) is 18.1. The van der Waals surface area contributed by atoms with Gasteiger partial charge in [0.2, 0.25) is 5.91 Å². The highest BCUT2D eigenvalue weighted by molar-refractivity contribution is 5.80. The molecule has 3 rings (SSSR count). The van der Waals surface area contributed by atoms with E-state index in [0.29, 0.717) is 26.1 Å². The molecule has 0 aliphatic carbocycles. The van der Waals surface area contributed by atoms with Gasteiger partial charge in [-0.3, -0.25) is 14.5 Å². The van der Waals surface area contributed by atoms with E-state index in [4.69, 9.17) is 5.11 Å². The second kappa shape index (κ2) is 9.51. The van der Waals surface area contributed by atoms with Gasteiger partial charge in [0.15, 0.2) is 0 Å². The highest BCUT2D eigenvalue weighted by atomic mass is 16.4. The van der Waals surface area contributed by atoms with Gasteiger partial charge in [-0.2, -0.15) is 0 Å². The van der Waals surface area contributed by atoms with E-state index < -0.39 is 5.97 Å². The first-order chi connectivity index (χ1) is 13.6. The fourth-order valence-electron chi connectivity index (χ4n) is 3.84. The minimum atomic E-state index is -0.845. The van der Waals surface area contributed by atoms with Crippen molar-refractivity contribution in [3.63, 3.8) is 0 Å². The average molecular weight is 380 g/mol. The Bertz CT molecular complexity index is 789. The molecule has 0 aromatic heterocycles. The monoisotopic (exact) mass is 380 g/mol. The molecule has 1 amide bonds. The molecule has 1 N–H and O–H groups in total. The van der Waals surface area contributed by atoms with E-state index >= 15 is 0 Å². The van der Waals surface area contributed by atoms with Crippen LogP contribution < -0.4 is 0 Å². The van der Waals surface area contributed by atoms with Gasteiger partial charge in [-0.25, -0.2) is 0 Å². The minimum absolute atomic E-state index is 0.0172. The molecule has 1 saturated heterocycles. The lowest BCUT2D eigenvalue weighted by Gasteiger charge is -2.23. The second-order valence-corrected chi connectivity index (χ2v) is 7.42. The lowest BCUT2D eigenvalue weighted by Crippen LogP contribution is -2.38. The van der Waals surface area contributed by atoms with E-state index in [1.165, 1.54) is 5.56 Å². The number of hydrogen-bond acceptors (Lipinski definition) is 3. The van der Waals surface area contributed by atoms with Gasteiger partial charge in [0.25, 0.3) is 0 Å². The third-order valence-electron chi connectivity index (χ3n) is 5.22. The summed E-state index contributed by atoms with van der Waals surface area (Å²) in [6.07, 6.45) is 1.54. The van der Waals surface area contributed by atoms with Crippen molar-refractivity contribution in [3.8, 4) is 11.1 Å². The van der Waals surface area contributed by atoms with Crippen molar-refractivity contribution < 1.29 is 14.7 Å². The van der Waals surface area contributed by atoms with Crippen LogP contribution in [0.3, 0.4) is 0 Å². The van der Waals surface area contributed by atoms with Crippen LogP contribution in [-0.4, -0.2) is 59.5 Å². The quantitative estimate of drug-likeness (QED) is 0.802. The van der Waals surface area contributed by atoms with Gasteiger partial charge < -0.3 is 10.0 Å². The van der Waals surface area contributed by atoms with Gasteiger partial charge in [0.1, 0.15) is 0 Å². The van der Waals surface area contributed by atoms with Gasteiger partial charge in [-0.05, 0) is 29.5 Å². The number of rotatable bonds is 7. The number of hydrogen-bond donors (Lipinski definition) is 1. The zero-order chi connectivity index (χ0) is 19.9. The van der Waals surface area contributed by atoms with Crippen molar-refractivity contribution in [1.82, 2.24) is 9.80 Å². The first-order valence-corrected chi connectivity index (χ1v) is 9.94. The third-order valence-corrected chi connectivity index (χ3v) is 5.22. The summed E-state index contributed by atoms with van der Waals surface area (Å²) >= 11 is 0. The van der Waals surface area contributed by atoms with Crippen LogP contribution in [0.4, 0.5) is 0 Å². The Labute approximate surface area is 166 Å². The molecule has 0 spiro atoms. The number of benzene rings is 2. The van der Waals surface area contributed by atoms with Crippen LogP contribution in [0.1, 0.15) is 18.9 Å². The number of carboxylic acid groups (broad SMARTS) is 1. The standard InChI is InChI=1S/C23H28N2O3/c1-2-12-25-14-13-24(17-22(26)27)16-21(23(25)28)15-18-8-10-20(11-9-18)19-6-4-3-5-7-19/h3-11,21H,2,12-17H2,1H3,(H,26,27)/t21-/m0/s1. The molecule has 0 unspecified atom stereocenters. The van der Waals surface area contributed by atoms with Crippen LogP contribution in [0.2, 0.25) is 0 Å². The van der Waals surface area contributed by atoms with E-state index in [1.54, 1.807) is 0 Å². The van der Waals surface area contributed by atoms with Crippen LogP contribution in [0.25, 0.3) is 11.1 Å². The average Bonchev–Trinajstić information content (AvgIpc) is 2.83. The molecular weight excluding hydrogens is 352 g/mol. The highest BCUT2D eigenvalue weighted by Crippen LogP contribution is 2.22. The molecular formula is C23H28N2O3. The van der Waals surface area contributed by atoms with E-state index in [2.05, 4.69) is 43.3 Å². The summed E-state index contributed by atoms with van der Waals surface area (Å²) in [5, 5.41) is 9.17. The zero-order valence-corrected chi connectivity index (χ0v) is 16.4. The SMILES string of the molecule is CCCN1CCN(CC(=O)O)C[C@H](Cc2ccc(-c3ccccc3)cc2)C1=O. The van der Waals surface area contributed by atoms with Gasteiger partial charge in [0, 0.05) is 26.2 Å². The number of aliphatic carboxylic acids is 1. The van der Waals surface area contributed by atoms with E-state index in [1.807, 2.05) is 28.0 Å². The minimum Gasteiger partial charge on any atom is -0.480 e. The largest absolute Gasteiger partial charge is 0.480 e. The van der Waals surface area contributed by atoms with Crippen molar-refractivity contribution in [1.29, 1.82) is 0 Å². The number of carbonyl (C=O) groups is 2. The van der Waals surface area contributed by atoms with Gasteiger partial charge in [0.05, 0.1) is 12.5 Å². The Morgan fingerprint density at radius 1 is 1.04 bits per heavy atom. The summed E-state index contributed by atoms with van der Waals surface area (Å²) in [6, 6.07) is 18.5. The number of carboxylic acids is 1. The topological polar surface area (TPSA) is 60.9 Å². The molecule has 5 heteroatoms. The van der Waals surface area contributed by atoms with Crippen molar-refractivity contribution >= 4 is 11.9 Å². The molecule has 28 heavy (non-hydrogen) atoms. The van der Waals surface area contributed by atoms with E-state index in [9.17, 15) is 9.59 Å². The summed E-state index contributed by atoms with van der Waals surface area (Å²) in [6.45, 7) is 4.47. The molecule has 1 heterocycles. The lowest BCUT2D eigenvalue weighted by atomic mass is 9.95. The first kappa shape index (κ1) is 20.1. The first-order valence-electron chi connectivity index (χ1n) is 9.94. The summed E-state index contributed by atoms with van der Waals surface area (Å²) in [5.74, 6) is -0.916. The van der Waals surface area contributed by atoms with Crippen molar-refractivity contribution in [2.24, 2.45) is 5.92 Å². The Morgan fingerprint density at radius 2 is 1.71 bits per heavy atom. The maximum Gasteiger partial charge on any atom is 0.317 e.